The van der Waals surface area contributed by atoms with Crippen LogP contribution in [-0.2, 0) is 12.4 Å². The van der Waals surface area contributed by atoms with E-state index in [-0.39, 0.29) is 17.2 Å². The summed E-state index contributed by atoms with van der Waals surface area (Å²) in [7, 11) is 0. The van der Waals surface area contributed by atoms with E-state index in [1.165, 1.54) is 6.07 Å². The van der Waals surface area contributed by atoms with Crippen LogP contribution in [0.15, 0.2) is 120 Å². The van der Waals surface area contributed by atoms with Gasteiger partial charge in [-0.25, -0.2) is 0 Å². The van der Waals surface area contributed by atoms with E-state index in [2.05, 4.69) is 0 Å². The Hall–Kier alpha value is -5.11. The lowest BCUT2D eigenvalue weighted by atomic mass is 9.95. The Labute approximate surface area is 240 Å². The van der Waals surface area contributed by atoms with E-state index in [0.29, 0.717) is 5.39 Å². The van der Waals surface area contributed by atoms with Gasteiger partial charge in [-0.05, 0) is 76.0 Å². The maximum atomic E-state index is 13.4. The van der Waals surface area contributed by atoms with Gasteiger partial charge < -0.3 is 4.42 Å². The van der Waals surface area contributed by atoms with Gasteiger partial charge in [0.05, 0.1) is 16.8 Å². The Balaban J connectivity index is 1.22. The van der Waals surface area contributed by atoms with Crippen LogP contribution in [0.5, 0.6) is 0 Å². The summed E-state index contributed by atoms with van der Waals surface area (Å²) in [6.07, 6.45) is -8.07. The third kappa shape index (κ3) is 4.88. The molecule has 0 saturated heterocycles. The molecule has 2 aromatic heterocycles. The minimum Gasteiger partial charge on any atom is -0.455 e. The summed E-state index contributed by atoms with van der Waals surface area (Å²) in [5.74, 6) is 0. The van der Waals surface area contributed by atoms with E-state index in [9.17, 15) is 26.3 Å². The number of halogens is 6. The summed E-state index contributed by atoms with van der Waals surface area (Å²) >= 11 is 0. The van der Waals surface area contributed by atoms with Gasteiger partial charge in [-0.15, -0.1) is 0 Å². The number of hydrogen-bond acceptors (Lipinski definition) is 2. The van der Waals surface area contributed by atoms with Gasteiger partial charge in [0.1, 0.15) is 11.2 Å². The fourth-order valence-corrected chi connectivity index (χ4v) is 5.40. The molecule has 7 rings (SSSR count). The molecule has 5 aromatic carbocycles. The maximum Gasteiger partial charge on any atom is 0.416 e. The average Bonchev–Trinajstić information content (AvgIpc) is 3.38. The van der Waals surface area contributed by atoms with Crippen LogP contribution in [-0.4, -0.2) is 4.98 Å². The molecule has 212 valence electrons. The Morgan fingerprint density at radius 1 is 0.512 bits per heavy atom. The van der Waals surface area contributed by atoms with Gasteiger partial charge in [0.25, 0.3) is 0 Å². The molecule has 43 heavy (non-hydrogen) atoms. The molecule has 0 N–H and O–H groups in total. The van der Waals surface area contributed by atoms with Crippen LogP contribution in [0.1, 0.15) is 11.1 Å². The number of rotatable bonds is 3. The summed E-state index contributed by atoms with van der Waals surface area (Å²) in [4.78, 5) is 4.69. The lowest BCUT2D eigenvalue weighted by Gasteiger charge is -2.15. The summed E-state index contributed by atoms with van der Waals surface area (Å²) < 4.78 is 86.3. The van der Waals surface area contributed by atoms with Crippen LogP contribution < -0.4 is 0 Å². The summed E-state index contributed by atoms with van der Waals surface area (Å²) in [6, 6.07) is 29.6. The lowest BCUT2D eigenvalue weighted by Crippen LogP contribution is -2.11. The molecule has 0 fully saturated rings. The Morgan fingerprint density at radius 2 is 1.12 bits per heavy atom. The highest BCUT2D eigenvalue weighted by Crippen LogP contribution is 2.40. The van der Waals surface area contributed by atoms with Crippen molar-refractivity contribution in [3.05, 3.63) is 127 Å². The van der Waals surface area contributed by atoms with E-state index >= 15 is 0 Å². The molecule has 0 saturated carbocycles. The van der Waals surface area contributed by atoms with Gasteiger partial charge in [0.15, 0.2) is 0 Å². The van der Waals surface area contributed by atoms with Gasteiger partial charge >= 0.3 is 12.4 Å². The molecule has 0 spiro atoms. The number of pyridine rings is 1. The van der Waals surface area contributed by atoms with Crippen LogP contribution in [0.2, 0.25) is 0 Å². The molecule has 0 atom stereocenters. The second-order valence-electron chi connectivity index (χ2n) is 10.3. The number of nitrogens with zero attached hydrogens (tertiary/aromatic N) is 1. The first-order chi connectivity index (χ1) is 20.5. The smallest absolute Gasteiger partial charge is 0.416 e. The van der Waals surface area contributed by atoms with Crippen molar-refractivity contribution in [2.24, 2.45) is 0 Å². The van der Waals surface area contributed by atoms with Crippen molar-refractivity contribution < 1.29 is 30.8 Å². The molecular weight excluding hydrogens is 564 g/mol. The molecule has 7 aromatic rings. The first-order valence-corrected chi connectivity index (χ1v) is 13.3. The Kier molecular flexibility index (Phi) is 6.06. The van der Waals surface area contributed by atoms with Gasteiger partial charge in [0.2, 0.25) is 0 Å². The molecule has 0 aliphatic rings. The highest BCUT2D eigenvalue weighted by atomic mass is 19.4. The maximum absolute atomic E-state index is 13.4. The van der Waals surface area contributed by atoms with Crippen LogP contribution >= 0.6 is 0 Å². The minimum absolute atomic E-state index is 0.132. The van der Waals surface area contributed by atoms with Crippen LogP contribution in [0.3, 0.4) is 0 Å². The molecule has 2 heterocycles. The minimum atomic E-state index is -4.91. The number of alkyl halides is 6. The standard InChI is InChI=1S/C35H19F6NO/c36-34(37,38)26-16-25(17-27(18-26)35(39,40)41)23-11-9-20-14-22(10-8-21(20)15-23)24-12-13-31(42-19-24)30-6-3-5-29-28-4-1-2-7-32(28)43-33(29)30/h1-19H. The molecule has 0 aliphatic heterocycles. The molecule has 2 nitrogen and oxygen atoms in total. The Morgan fingerprint density at radius 3 is 1.74 bits per heavy atom. The van der Waals surface area contributed by atoms with Crippen molar-refractivity contribution in [1.29, 1.82) is 0 Å². The van der Waals surface area contributed by atoms with Gasteiger partial charge in [-0.2, -0.15) is 26.3 Å². The zero-order valence-electron chi connectivity index (χ0n) is 22.1. The topological polar surface area (TPSA) is 26.0 Å². The normalized spacial score (nSPS) is 12.4. The third-order valence-corrected chi connectivity index (χ3v) is 7.54. The zero-order valence-corrected chi connectivity index (χ0v) is 22.1. The number of benzene rings is 5. The van der Waals surface area contributed by atoms with Crippen molar-refractivity contribution in [3.63, 3.8) is 0 Å². The van der Waals surface area contributed by atoms with Crippen molar-refractivity contribution >= 4 is 32.7 Å². The lowest BCUT2D eigenvalue weighted by molar-refractivity contribution is -0.143. The average molecular weight is 584 g/mol. The number of para-hydroxylation sites is 2. The molecule has 0 bridgehead atoms. The highest BCUT2D eigenvalue weighted by Gasteiger charge is 2.37. The molecule has 0 unspecified atom stereocenters. The summed E-state index contributed by atoms with van der Waals surface area (Å²) in [5, 5.41) is 3.49. The van der Waals surface area contributed by atoms with E-state index in [4.69, 9.17) is 9.40 Å². The van der Waals surface area contributed by atoms with E-state index in [0.717, 1.165) is 61.8 Å². The van der Waals surface area contributed by atoms with Crippen LogP contribution in [0, 0.1) is 0 Å². The monoisotopic (exact) mass is 583 g/mol. The first-order valence-electron chi connectivity index (χ1n) is 13.3. The fraction of sp³-hybridized carbons (Fsp3) is 0.0571. The largest absolute Gasteiger partial charge is 0.455 e. The summed E-state index contributed by atoms with van der Waals surface area (Å²) in [5.41, 5.74) is 2.28. The molecule has 8 heteroatoms. The third-order valence-electron chi connectivity index (χ3n) is 7.54. The van der Waals surface area contributed by atoms with Gasteiger partial charge in [-0.1, -0.05) is 60.7 Å². The fourth-order valence-electron chi connectivity index (χ4n) is 5.40. The van der Waals surface area contributed by atoms with E-state index < -0.39 is 23.5 Å². The van der Waals surface area contributed by atoms with Gasteiger partial charge in [0, 0.05) is 28.1 Å². The number of aromatic nitrogens is 1. The molecule has 0 aliphatic carbocycles. The SMILES string of the molecule is FC(F)(F)c1cc(-c2ccc3cc(-c4ccc(-c5cccc6c5oc5ccccc56)nc4)ccc3c2)cc(C(F)(F)F)c1. The van der Waals surface area contributed by atoms with Crippen molar-refractivity contribution in [1.82, 2.24) is 4.98 Å². The first kappa shape index (κ1) is 26.8. The second-order valence-corrected chi connectivity index (χ2v) is 10.3. The zero-order chi connectivity index (χ0) is 29.9. The molecular formula is C35H19F6NO. The number of furan rings is 1. The van der Waals surface area contributed by atoms with Crippen molar-refractivity contribution in [2.45, 2.75) is 12.4 Å². The van der Waals surface area contributed by atoms with Crippen LogP contribution in [0.4, 0.5) is 26.3 Å². The van der Waals surface area contributed by atoms with E-state index in [1.54, 1.807) is 24.4 Å². The van der Waals surface area contributed by atoms with Crippen LogP contribution in [0.25, 0.3) is 66.2 Å². The van der Waals surface area contributed by atoms with Crippen molar-refractivity contribution in [3.8, 4) is 33.5 Å². The predicted octanol–water partition coefficient (Wildman–Crippen LogP) is 11.2. The Bertz CT molecular complexity index is 2130. The van der Waals surface area contributed by atoms with Crippen molar-refractivity contribution in [2.75, 3.05) is 0 Å². The number of fused-ring (bicyclic) bond motifs is 4. The number of hydrogen-bond donors (Lipinski definition) is 0. The quantitative estimate of drug-likeness (QED) is 0.193. The van der Waals surface area contributed by atoms with E-state index in [1.807, 2.05) is 66.7 Å². The predicted molar refractivity (Wildman–Crippen MR) is 155 cm³/mol. The van der Waals surface area contributed by atoms with Gasteiger partial charge in [-0.3, -0.25) is 4.98 Å². The molecule has 0 radical (unpaired) electrons. The second kappa shape index (κ2) is 9.73. The summed E-state index contributed by atoms with van der Waals surface area (Å²) in [6.45, 7) is 0. The highest BCUT2D eigenvalue weighted by molar-refractivity contribution is 6.09. The molecule has 0 amide bonds.